The van der Waals surface area contributed by atoms with Crippen molar-refractivity contribution in [3.05, 3.63) is 83.2 Å². The van der Waals surface area contributed by atoms with Crippen molar-refractivity contribution in [2.75, 3.05) is 40.0 Å². The quantitative estimate of drug-likeness (QED) is 0.376. The Morgan fingerprint density at radius 1 is 1.03 bits per heavy atom. The van der Waals surface area contributed by atoms with Crippen LogP contribution in [0.15, 0.2) is 60.9 Å². The second-order valence-corrected chi connectivity index (χ2v) is 10.5. The molecule has 7 nitrogen and oxygen atoms in total. The Labute approximate surface area is 225 Å². The van der Waals surface area contributed by atoms with Crippen molar-refractivity contribution in [1.82, 2.24) is 14.8 Å². The Kier molecular flexibility index (Phi) is 8.35. The van der Waals surface area contributed by atoms with Gasteiger partial charge in [0.1, 0.15) is 18.1 Å². The molecule has 0 saturated carbocycles. The summed E-state index contributed by atoms with van der Waals surface area (Å²) in [4.78, 5) is 14.8. The number of ether oxygens (including phenoxy) is 3. The first-order valence-corrected chi connectivity index (χ1v) is 13.6. The molecule has 2 aromatic carbocycles. The summed E-state index contributed by atoms with van der Waals surface area (Å²) in [5.41, 5.74) is 4.33. The van der Waals surface area contributed by atoms with Gasteiger partial charge in [0.15, 0.2) is 0 Å². The van der Waals surface area contributed by atoms with Crippen molar-refractivity contribution < 1.29 is 19.0 Å². The first-order chi connectivity index (χ1) is 18.5. The highest BCUT2D eigenvalue weighted by Crippen LogP contribution is 2.38. The third-order valence-corrected chi connectivity index (χ3v) is 8.03. The monoisotopic (exact) mass is 517 g/mol. The standard InChI is InChI=1S/C31H39N3O4/c1-22-9-11-33(20-22)13-14-34-12-10-28(24-5-4-6-26(17-24)37-16-15-36-3)30(23(34)2)21-38-27-8-7-25-19-32-31(35)29(25)18-27/h4-9,11,17-18,20,23,28,30H,10,12-16,19,21H2,1-3H3,(H,32,35)/t23-,28+,30-/m1/s1. The molecule has 0 spiro atoms. The van der Waals surface area contributed by atoms with Gasteiger partial charge in [-0.15, -0.1) is 0 Å². The van der Waals surface area contributed by atoms with E-state index >= 15 is 0 Å². The fraction of sp³-hybridized carbons (Fsp3) is 0.452. The van der Waals surface area contributed by atoms with Gasteiger partial charge in [0.05, 0.1) is 13.2 Å². The zero-order valence-electron chi connectivity index (χ0n) is 22.7. The molecule has 38 heavy (non-hydrogen) atoms. The van der Waals surface area contributed by atoms with Crippen LogP contribution in [0.4, 0.5) is 0 Å². The average molecular weight is 518 g/mol. The van der Waals surface area contributed by atoms with Gasteiger partial charge in [-0.3, -0.25) is 9.69 Å². The molecule has 3 heterocycles. The van der Waals surface area contributed by atoms with E-state index in [0.29, 0.717) is 38.3 Å². The molecule has 2 aliphatic heterocycles. The van der Waals surface area contributed by atoms with Crippen molar-refractivity contribution in [3.8, 4) is 11.5 Å². The molecular formula is C31H39N3O4. The zero-order valence-corrected chi connectivity index (χ0v) is 22.7. The number of methoxy groups -OCH3 is 1. The number of likely N-dealkylation sites (tertiary alicyclic amines) is 1. The van der Waals surface area contributed by atoms with Crippen LogP contribution in [0.3, 0.4) is 0 Å². The second-order valence-electron chi connectivity index (χ2n) is 10.5. The van der Waals surface area contributed by atoms with Gasteiger partial charge < -0.3 is 24.1 Å². The van der Waals surface area contributed by atoms with Crippen LogP contribution in [-0.2, 0) is 17.8 Å². The van der Waals surface area contributed by atoms with Gasteiger partial charge in [0.25, 0.3) is 5.91 Å². The molecular weight excluding hydrogens is 478 g/mol. The van der Waals surface area contributed by atoms with E-state index in [-0.39, 0.29) is 11.8 Å². The predicted molar refractivity (Wildman–Crippen MR) is 148 cm³/mol. The van der Waals surface area contributed by atoms with Crippen molar-refractivity contribution >= 4 is 5.91 Å². The second kappa shape index (κ2) is 12.0. The molecule has 5 rings (SSSR count). The molecule has 0 unspecified atom stereocenters. The Balaban J connectivity index is 1.33. The number of nitrogens with one attached hydrogen (secondary N) is 1. The van der Waals surface area contributed by atoms with Crippen LogP contribution in [0.25, 0.3) is 0 Å². The SMILES string of the molecule is COCCOc1cccc([C@@H]2CCN(CCn3ccc(C)c3)[C@H](C)[C@H]2COc2ccc3c(c2)C(=O)NC3)c1. The number of fused-ring (bicyclic) bond motifs is 1. The summed E-state index contributed by atoms with van der Waals surface area (Å²) in [5, 5.41) is 2.89. The summed E-state index contributed by atoms with van der Waals surface area (Å²) in [6, 6.07) is 16.8. The van der Waals surface area contributed by atoms with E-state index in [1.165, 1.54) is 11.1 Å². The summed E-state index contributed by atoms with van der Waals surface area (Å²) >= 11 is 0. The fourth-order valence-corrected chi connectivity index (χ4v) is 5.81. The number of amides is 1. The van der Waals surface area contributed by atoms with Crippen LogP contribution in [-0.4, -0.2) is 61.4 Å². The molecule has 1 N–H and O–H groups in total. The molecule has 1 saturated heterocycles. The molecule has 0 aliphatic carbocycles. The summed E-state index contributed by atoms with van der Waals surface area (Å²) in [5.74, 6) is 2.24. The average Bonchev–Trinajstić information content (AvgIpc) is 3.52. The maximum atomic E-state index is 12.2. The molecule has 2 aliphatic rings. The number of piperidine rings is 1. The van der Waals surface area contributed by atoms with Crippen LogP contribution in [0.5, 0.6) is 11.5 Å². The topological polar surface area (TPSA) is 65.0 Å². The smallest absolute Gasteiger partial charge is 0.252 e. The van der Waals surface area contributed by atoms with Crippen LogP contribution in [0, 0.1) is 12.8 Å². The van der Waals surface area contributed by atoms with Gasteiger partial charge in [-0.05, 0) is 79.8 Å². The molecule has 1 amide bonds. The van der Waals surface area contributed by atoms with Crippen molar-refractivity contribution in [2.45, 2.75) is 45.3 Å². The van der Waals surface area contributed by atoms with Gasteiger partial charge in [-0.2, -0.15) is 0 Å². The van der Waals surface area contributed by atoms with Gasteiger partial charge >= 0.3 is 0 Å². The van der Waals surface area contributed by atoms with Crippen molar-refractivity contribution in [1.29, 1.82) is 0 Å². The number of hydrogen-bond acceptors (Lipinski definition) is 5. The lowest BCUT2D eigenvalue weighted by molar-refractivity contribution is 0.0538. The third-order valence-electron chi connectivity index (χ3n) is 8.03. The van der Waals surface area contributed by atoms with Crippen molar-refractivity contribution in [3.63, 3.8) is 0 Å². The van der Waals surface area contributed by atoms with E-state index in [2.05, 4.69) is 65.3 Å². The van der Waals surface area contributed by atoms with E-state index in [1.807, 2.05) is 24.3 Å². The number of rotatable bonds is 11. The highest BCUT2D eigenvalue weighted by molar-refractivity contribution is 5.98. The van der Waals surface area contributed by atoms with E-state index in [4.69, 9.17) is 14.2 Å². The van der Waals surface area contributed by atoms with Crippen LogP contribution in [0.1, 0.15) is 46.3 Å². The molecule has 3 aromatic rings. The Morgan fingerprint density at radius 3 is 2.71 bits per heavy atom. The minimum absolute atomic E-state index is 0.0222. The lowest BCUT2D eigenvalue weighted by Gasteiger charge is -2.44. The molecule has 1 fully saturated rings. The van der Waals surface area contributed by atoms with Crippen LogP contribution >= 0.6 is 0 Å². The minimum atomic E-state index is -0.0222. The summed E-state index contributed by atoms with van der Waals surface area (Å²) < 4.78 is 19.7. The lowest BCUT2D eigenvalue weighted by atomic mass is 9.76. The normalized spacial score (nSPS) is 21.2. The third kappa shape index (κ3) is 6.05. The lowest BCUT2D eigenvalue weighted by Crippen LogP contribution is -2.49. The van der Waals surface area contributed by atoms with Crippen molar-refractivity contribution in [2.24, 2.45) is 5.92 Å². The molecule has 3 atom stereocenters. The molecule has 202 valence electrons. The largest absolute Gasteiger partial charge is 0.493 e. The van der Waals surface area contributed by atoms with Crippen LogP contribution in [0.2, 0.25) is 0 Å². The van der Waals surface area contributed by atoms with Gasteiger partial charge in [0.2, 0.25) is 0 Å². The van der Waals surface area contributed by atoms with Gasteiger partial charge in [0, 0.05) is 56.7 Å². The summed E-state index contributed by atoms with van der Waals surface area (Å²) in [6.07, 6.45) is 5.42. The van der Waals surface area contributed by atoms with Gasteiger partial charge in [-0.25, -0.2) is 0 Å². The first-order valence-electron chi connectivity index (χ1n) is 13.6. The fourth-order valence-electron chi connectivity index (χ4n) is 5.81. The Bertz CT molecular complexity index is 1240. The summed E-state index contributed by atoms with van der Waals surface area (Å²) in [7, 11) is 1.68. The molecule has 0 radical (unpaired) electrons. The highest BCUT2D eigenvalue weighted by Gasteiger charge is 2.37. The number of hydrogen-bond donors (Lipinski definition) is 1. The summed E-state index contributed by atoms with van der Waals surface area (Å²) in [6.45, 7) is 9.74. The molecule has 1 aromatic heterocycles. The number of benzene rings is 2. The zero-order chi connectivity index (χ0) is 26.5. The van der Waals surface area contributed by atoms with E-state index in [0.717, 1.165) is 48.7 Å². The van der Waals surface area contributed by atoms with Gasteiger partial charge in [-0.1, -0.05) is 18.2 Å². The molecule has 7 heteroatoms. The number of aryl methyl sites for hydroxylation is 1. The Morgan fingerprint density at radius 2 is 1.89 bits per heavy atom. The van der Waals surface area contributed by atoms with E-state index < -0.39 is 0 Å². The van der Waals surface area contributed by atoms with Crippen LogP contribution < -0.4 is 14.8 Å². The Hall–Kier alpha value is -3.29. The number of aromatic nitrogens is 1. The first kappa shape index (κ1) is 26.3. The van der Waals surface area contributed by atoms with E-state index in [9.17, 15) is 4.79 Å². The number of carbonyl (C=O) groups excluding carboxylic acids is 1. The maximum Gasteiger partial charge on any atom is 0.252 e. The molecule has 0 bridgehead atoms. The number of carbonyl (C=O) groups is 1. The highest BCUT2D eigenvalue weighted by atomic mass is 16.5. The maximum absolute atomic E-state index is 12.2. The van der Waals surface area contributed by atoms with E-state index in [1.54, 1.807) is 7.11 Å². The number of nitrogens with zero attached hydrogens (tertiary/aromatic N) is 2. The predicted octanol–water partition coefficient (Wildman–Crippen LogP) is 4.64. The minimum Gasteiger partial charge on any atom is -0.493 e.